The van der Waals surface area contributed by atoms with E-state index >= 15 is 0 Å². The summed E-state index contributed by atoms with van der Waals surface area (Å²) in [4.78, 5) is 0. The van der Waals surface area contributed by atoms with Crippen molar-refractivity contribution in [1.29, 1.82) is 0 Å². The Hall–Kier alpha value is -3.77. The number of methoxy groups -OCH3 is 1. The van der Waals surface area contributed by atoms with E-state index in [9.17, 15) is 0 Å². The summed E-state index contributed by atoms with van der Waals surface area (Å²) in [6.07, 6.45) is 2.09. The third-order valence-corrected chi connectivity index (χ3v) is 5.39. The number of fused-ring (bicyclic) bond motifs is 1. The van der Waals surface area contributed by atoms with Crippen LogP contribution in [-0.2, 0) is 13.1 Å². The summed E-state index contributed by atoms with van der Waals surface area (Å²) in [6.45, 7) is 2.42. The Morgan fingerprint density at radius 3 is 2.47 bits per heavy atom. The Labute approximate surface area is 187 Å². The number of hydrogen-bond donors (Lipinski definition) is 1. The molecule has 0 amide bonds. The highest BCUT2D eigenvalue weighted by Crippen LogP contribution is 2.40. The van der Waals surface area contributed by atoms with Crippen LogP contribution in [0.5, 0.6) is 17.2 Å². The fourth-order valence-electron chi connectivity index (χ4n) is 3.86. The van der Waals surface area contributed by atoms with E-state index in [0.717, 1.165) is 33.8 Å². The van der Waals surface area contributed by atoms with Crippen LogP contribution in [0.4, 0.5) is 0 Å². The van der Waals surface area contributed by atoms with Crippen LogP contribution in [0.2, 0.25) is 0 Å². The molecule has 6 heteroatoms. The van der Waals surface area contributed by atoms with Gasteiger partial charge in [-0.2, -0.15) is 5.10 Å². The number of para-hydroxylation sites is 1. The quantitative estimate of drug-likeness (QED) is 0.467. The van der Waals surface area contributed by atoms with Crippen LogP contribution in [-0.4, -0.2) is 30.1 Å². The predicted molar refractivity (Wildman–Crippen MR) is 124 cm³/mol. The van der Waals surface area contributed by atoms with E-state index in [-0.39, 0.29) is 0 Å². The first kappa shape index (κ1) is 20.2. The summed E-state index contributed by atoms with van der Waals surface area (Å²) in [5, 5.41) is 8.43. The van der Waals surface area contributed by atoms with Crippen molar-refractivity contribution in [2.75, 3.05) is 20.3 Å². The van der Waals surface area contributed by atoms with E-state index in [0.29, 0.717) is 37.8 Å². The molecule has 0 unspecified atom stereocenters. The average molecular weight is 428 g/mol. The van der Waals surface area contributed by atoms with Crippen molar-refractivity contribution in [3.05, 3.63) is 90.1 Å². The number of rotatable bonds is 7. The third-order valence-electron chi connectivity index (χ3n) is 5.39. The molecule has 4 aromatic rings. The Kier molecular flexibility index (Phi) is 5.77. The van der Waals surface area contributed by atoms with Gasteiger partial charge in [0.2, 0.25) is 5.75 Å². The molecule has 0 saturated heterocycles. The van der Waals surface area contributed by atoms with Crippen molar-refractivity contribution in [2.45, 2.75) is 13.1 Å². The minimum absolute atomic E-state index is 0.536. The third kappa shape index (κ3) is 4.18. The van der Waals surface area contributed by atoms with E-state index in [1.165, 1.54) is 0 Å². The number of nitrogens with zero attached hydrogens (tertiary/aromatic N) is 2. The van der Waals surface area contributed by atoms with Gasteiger partial charge in [0.25, 0.3) is 0 Å². The first-order valence-corrected chi connectivity index (χ1v) is 10.7. The second-order valence-corrected chi connectivity index (χ2v) is 7.57. The van der Waals surface area contributed by atoms with Gasteiger partial charge in [-0.25, -0.2) is 4.68 Å². The van der Waals surface area contributed by atoms with E-state index in [1.54, 1.807) is 7.11 Å². The number of aromatic nitrogens is 2. The summed E-state index contributed by atoms with van der Waals surface area (Å²) in [6, 6.07) is 24.4. The minimum atomic E-state index is 0.536. The lowest BCUT2D eigenvalue weighted by atomic mass is 10.1. The Morgan fingerprint density at radius 1 is 0.938 bits per heavy atom. The van der Waals surface area contributed by atoms with Gasteiger partial charge in [-0.05, 0) is 29.8 Å². The summed E-state index contributed by atoms with van der Waals surface area (Å²) in [5.41, 5.74) is 5.31. The topological polar surface area (TPSA) is 57.5 Å². The molecule has 3 aromatic carbocycles. The second kappa shape index (κ2) is 9.16. The zero-order chi connectivity index (χ0) is 21.8. The fraction of sp³-hybridized carbons (Fsp3) is 0.192. The molecule has 0 bridgehead atoms. The molecule has 0 saturated carbocycles. The van der Waals surface area contributed by atoms with Gasteiger partial charge >= 0.3 is 0 Å². The lowest BCUT2D eigenvalue weighted by molar-refractivity contribution is 0.165. The number of ether oxygens (including phenoxy) is 3. The van der Waals surface area contributed by atoms with Crippen LogP contribution in [0.1, 0.15) is 11.1 Å². The van der Waals surface area contributed by atoms with Crippen LogP contribution in [0.3, 0.4) is 0 Å². The van der Waals surface area contributed by atoms with Gasteiger partial charge in [0.05, 0.1) is 18.5 Å². The molecule has 0 fully saturated rings. The number of hydrogen-bond acceptors (Lipinski definition) is 5. The molecule has 0 atom stereocenters. The van der Waals surface area contributed by atoms with Crippen molar-refractivity contribution in [3.63, 3.8) is 0 Å². The van der Waals surface area contributed by atoms with Gasteiger partial charge in [-0.1, -0.05) is 48.5 Å². The molecular formula is C26H25N3O3. The largest absolute Gasteiger partial charge is 0.493 e. The molecule has 6 nitrogen and oxygen atoms in total. The van der Waals surface area contributed by atoms with Crippen LogP contribution in [0.15, 0.2) is 79.0 Å². The first-order chi connectivity index (χ1) is 15.8. The van der Waals surface area contributed by atoms with Crippen molar-refractivity contribution in [3.8, 4) is 34.2 Å². The van der Waals surface area contributed by atoms with Crippen molar-refractivity contribution in [1.82, 2.24) is 15.1 Å². The molecule has 32 heavy (non-hydrogen) atoms. The average Bonchev–Trinajstić information content (AvgIpc) is 3.29. The first-order valence-electron chi connectivity index (χ1n) is 10.7. The molecule has 5 rings (SSSR count). The van der Waals surface area contributed by atoms with Crippen LogP contribution < -0.4 is 19.5 Å². The highest BCUT2D eigenvalue weighted by molar-refractivity contribution is 5.63. The van der Waals surface area contributed by atoms with Crippen LogP contribution in [0.25, 0.3) is 16.9 Å². The van der Waals surface area contributed by atoms with E-state index < -0.39 is 0 Å². The number of nitrogens with one attached hydrogen (secondary N) is 1. The summed E-state index contributed by atoms with van der Waals surface area (Å²) < 4.78 is 18.9. The molecular weight excluding hydrogens is 402 g/mol. The maximum Gasteiger partial charge on any atom is 0.203 e. The van der Waals surface area contributed by atoms with Gasteiger partial charge in [0, 0.05) is 30.4 Å². The van der Waals surface area contributed by atoms with Crippen molar-refractivity contribution >= 4 is 0 Å². The second-order valence-electron chi connectivity index (χ2n) is 7.57. The highest BCUT2D eigenvalue weighted by Gasteiger charge is 2.18. The van der Waals surface area contributed by atoms with Crippen molar-refractivity contribution < 1.29 is 14.2 Å². The normalized spacial score (nSPS) is 12.5. The molecule has 1 aliphatic rings. The summed E-state index contributed by atoms with van der Waals surface area (Å²) in [5.74, 6) is 2.10. The SMILES string of the molecule is COc1cc(CNCc2cn(-c3ccccc3)nc2-c2ccccc2)cc2c1OCCO2. The molecule has 1 aromatic heterocycles. The molecule has 0 aliphatic carbocycles. The Balaban J connectivity index is 1.38. The maximum atomic E-state index is 5.75. The zero-order valence-corrected chi connectivity index (χ0v) is 18.0. The highest BCUT2D eigenvalue weighted by atomic mass is 16.6. The van der Waals surface area contributed by atoms with E-state index in [1.807, 2.05) is 53.2 Å². The number of benzene rings is 3. The molecule has 2 heterocycles. The molecule has 1 aliphatic heterocycles. The Bertz CT molecular complexity index is 1170. The smallest absolute Gasteiger partial charge is 0.203 e. The van der Waals surface area contributed by atoms with Gasteiger partial charge in [-0.3, -0.25) is 0 Å². The standard InChI is InChI=1S/C26H25N3O3/c1-30-23-14-19(15-24-26(23)32-13-12-31-24)16-27-17-21-18-29(22-10-6-3-7-11-22)28-25(21)20-8-4-2-5-9-20/h2-11,14-15,18,27H,12-13,16-17H2,1H3. The minimum Gasteiger partial charge on any atom is -0.493 e. The van der Waals surface area contributed by atoms with E-state index in [4.69, 9.17) is 19.3 Å². The summed E-state index contributed by atoms with van der Waals surface area (Å²) >= 11 is 0. The molecule has 1 N–H and O–H groups in total. The van der Waals surface area contributed by atoms with Gasteiger partial charge < -0.3 is 19.5 Å². The zero-order valence-electron chi connectivity index (χ0n) is 18.0. The van der Waals surface area contributed by atoms with Gasteiger partial charge in [0.15, 0.2) is 11.5 Å². The predicted octanol–water partition coefficient (Wildman–Crippen LogP) is 4.61. The Morgan fingerprint density at radius 2 is 1.69 bits per heavy atom. The molecule has 162 valence electrons. The lowest BCUT2D eigenvalue weighted by Gasteiger charge is -2.21. The molecule has 0 spiro atoms. The van der Waals surface area contributed by atoms with Crippen LogP contribution in [0, 0.1) is 0 Å². The fourth-order valence-corrected chi connectivity index (χ4v) is 3.86. The lowest BCUT2D eigenvalue weighted by Crippen LogP contribution is -2.17. The summed E-state index contributed by atoms with van der Waals surface area (Å²) in [7, 11) is 1.65. The van der Waals surface area contributed by atoms with Gasteiger partial charge in [0.1, 0.15) is 13.2 Å². The van der Waals surface area contributed by atoms with Crippen molar-refractivity contribution in [2.24, 2.45) is 0 Å². The maximum absolute atomic E-state index is 5.75. The van der Waals surface area contributed by atoms with E-state index in [2.05, 4.69) is 35.8 Å². The van der Waals surface area contributed by atoms with Crippen LogP contribution >= 0.6 is 0 Å². The monoisotopic (exact) mass is 427 g/mol. The molecule has 0 radical (unpaired) electrons. The van der Waals surface area contributed by atoms with Gasteiger partial charge in [-0.15, -0.1) is 0 Å².